The Morgan fingerprint density at radius 3 is 2.52 bits per heavy atom. The van der Waals surface area contributed by atoms with Crippen molar-refractivity contribution < 1.29 is 4.52 Å². The largest absolute Gasteiger partial charge is 0.361 e. The topological polar surface area (TPSA) is 29.3 Å². The molecular weight excluding hydrogens is 308 g/mol. The number of fused-ring (bicyclic) bond motifs is 2. The lowest BCUT2D eigenvalue weighted by Crippen LogP contribution is -2.44. The van der Waals surface area contributed by atoms with Gasteiger partial charge in [0.25, 0.3) is 0 Å². The minimum Gasteiger partial charge on any atom is -0.361 e. The zero-order valence-corrected chi connectivity index (χ0v) is 14.8. The minimum atomic E-state index is 0.387. The van der Waals surface area contributed by atoms with E-state index in [0.29, 0.717) is 23.9 Å². The van der Waals surface area contributed by atoms with Gasteiger partial charge in [-0.3, -0.25) is 4.90 Å². The number of benzene rings is 1. The minimum absolute atomic E-state index is 0.387. The number of aromatic nitrogens is 1. The van der Waals surface area contributed by atoms with Crippen molar-refractivity contribution in [3.05, 3.63) is 52.9 Å². The second-order valence-electron chi connectivity index (χ2n) is 6.30. The van der Waals surface area contributed by atoms with Gasteiger partial charge in [-0.25, -0.2) is 0 Å². The fraction of sp³-hybridized carbons (Fsp3) is 0.526. The predicted octanol–water partition coefficient (Wildman–Crippen LogP) is 5.09. The van der Waals surface area contributed by atoms with Crippen LogP contribution in [0.15, 0.2) is 41.1 Å². The van der Waals surface area contributed by atoms with Crippen molar-refractivity contribution in [1.82, 2.24) is 10.1 Å². The summed E-state index contributed by atoms with van der Waals surface area (Å²) in [5.74, 6) is 1.90. The van der Waals surface area contributed by atoms with Gasteiger partial charge in [0.05, 0.1) is 6.20 Å². The maximum atomic E-state index is 6.04. The number of hydrogen-bond acceptors (Lipinski definition) is 3. The van der Waals surface area contributed by atoms with Crippen molar-refractivity contribution >= 4 is 11.6 Å². The Bertz CT molecular complexity index is 611. The maximum Gasteiger partial charge on any atom is 0.141 e. The van der Waals surface area contributed by atoms with Gasteiger partial charge in [0.2, 0.25) is 0 Å². The van der Waals surface area contributed by atoms with Gasteiger partial charge in [-0.15, -0.1) is 0 Å². The maximum absolute atomic E-state index is 6.04. The normalized spacial score (nSPS) is 29.9. The molecule has 2 aliphatic rings. The molecule has 2 aliphatic heterocycles. The molecule has 124 valence electrons. The number of hydrogen-bond donors (Lipinski definition) is 0. The highest BCUT2D eigenvalue weighted by Gasteiger charge is 2.47. The monoisotopic (exact) mass is 332 g/mol. The number of rotatable bonds is 2. The van der Waals surface area contributed by atoms with E-state index in [1.165, 1.54) is 24.8 Å². The molecule has 1 unspecified atom stereocenters. The molecule has 3 nitrogen and oxygen atoms in total. The van der Waals surface area contributed by atoms with Crippen LogP contribution in [0.3, 0.4) is 0 Å². The van der Waals surface area contributed by atoms with E-state index < -0.39 is 0 Å². The fourth-order valence-electron chi connectivity index (χ4n) is 4.30. The molecule has 0 spiro atoms. The Morgan fingerprint density at radius 2 is 1.87 bits per heavy atom. The van der Waals surface area contributed by atoms with Crippen molar-refractivity contribution in [3.63, 3.8) is 0 Å². The Labute approximate surface area is 143 Å². The van der Waals surface area contributed by atoms with E-state index in [1.54, 1.807) is 6.20 Å². The summed E-state index contributed by atoms with van der Waals surface area (Å²) in [6.07, 6.45) is 5.47. The Balaban J connectivity index is 0.000000753. The van der Waals surface area contributed by atoms with Crippen LogP contribution in [0.1, 0.15) is 56.3 Å². The zero-order valence-electron chi connectivity index (χ0n) is 14.1. The number of nitrogens with zero attached hydrogens (tertiary/aromatic N) is 2. The van der Waals surface area contributed by atoms with Gasteiger partial charge in [-0.05, 0) is 49.9 Å². The van der Waals surface area contributed by atoms with Crippen molar-refractivity contribution in [2.45, 2.75) is 57.0 Å². The first-order chi connectivity index (χ1) is 11.2. The molecule has 0 saturated carbocycles. The van der Waals surface area contributed by atoms with E-state index in [0.717, 1.165) is 10.8 Å². The average Bonchev–Trinajstić information content (AvgIpc) is 3.18. The fourth-order valence-corrected chi connectivity index (χ4v) is 4.43. The molecule has 2 aromatic rings. The number of halogens is 1. The van der Waals surface area contributed by atoms with Gasteiger partial charge in [0, 0.05) is 29.1 Å². The van der Waals surface area contributed by atoms with E-state index in [4.69, 9.17) is 16.1 Å². The van der Waals surface area contributed by atoms with Crippen LogP contribution in [0, 0.1) is 0 Å². The van der Waals surface area contributed by atoms with Crippen molar-refractivity contribution in [1.29, 1.82) is 0 Å². The third kappa shape index (κ3) is 3.05. The van der Waals surface area contributed by atoms with Gasteiger partial charge in [-0.1, -0.05) is 42.7 Å². The number of likely N-dealkylation sites (N-methyl/N-ethyl adjacent to an activating group) is 1. The molecule has 23 heavy (non-hydrogen) atoms. The van der Waals surface area contributed by atoms with Crippen molar-refractivity contribution in [3.8, 4) is 0 Å². The van der Waals surface area contributed by atoms with Gasteiger partial charge in [0.1, 0.15) is 5.76 Å². The van der Waals surface area contributed by atoms with E-state index in [9.17, 15) is 0 Å². The van der Waals surface area contributed by atoms with Crippen LogP contribution in [0.4, 0.5) is 0 Å². The van der Waals surface area contributed by atoms with Crippen molar-refractivity contribution in [2.75, 3.05) is 7.05 Å². The molecule has 3 heterocycles. The molecular formula is C19H25ClN2O. The molecule has 0 radical (unpaired) electrons. The van der Waals surface area contributed by atoms with E-state index in [-0.39, 0.29) is 0 Å². The summed E-state index contributed by atoms with van der Waals surface area (Å²) >= 11 is 6.04. The molecule has 1 aromatic heterocycles. The summed E-state index contributed by atoms with van der Waals surface area (Å²) in [5.41, 5.74) is 1.37. The molecule has 2 fully saturated rings. The number of piperidine rings is 1. The molecule has 2 bridgehead atoms. The summed E-state index contributed by atoms with van der Waals surface area (Å²) in [5, 5.41) is 4.73. The van der Waals surface area contributed by atoms with Gasteiger partial charge >= 0.3 is 0 Å². The SMILES string of the molecule is CC.CN1C2CC[C@@H]1C[C@H](c1ccc(Cl)cc1)[C@@H]2c1ccno1. The van der Waals surface area contributed by atoms with E-state index in [2.05, 4.69) is 29.2 Å². The van der Waals surface area contributed by atoms with E-state index in [1.807, 2.05) is 32.0 Å². The van der Waals surface area contributed by atoms with Crippen LogP contribution < -0.4 is 0 Å². The van der Waals surface area contributed by atoms with E-state index >= 15 is 0 Å². The van der Waals surface area contributed by atoms with Crippen LogP contribution in [0.25, 0.3) is 0 Å². The smallest absolute Gasteiger partial charge is 0.141 e. The third-order valence-electron chi connectivity index (χ3n) is 5.35. The lowest BCUT2D eigenvalue weighted by molar-refractivity contribution is 0.122. The zero-order chi connectivity index (χ0) is 16.4. The summed E-state index contributed by atoms with van der Waals surface area (Å²) in [4.78, 5) is 2.54. The first-order valence-electron chi connectivity index (χ1n) is 8.62. The molecule has 0 aliphatic carbocycles. The highest BCUT2D eigenvalue weighted by atomic mass is 35.5. The first-order valence-corrected chi connectivity index (χ1v) is 9.00. The Kier molecular flexibility index (Phi) is 5.08. The van der Waals surface area contributed by atoms with Gasteiger partial charge in [-0.2, -0.15) is 0 Å². The Hall–Kier alpha value is -1.32. The lowest BCUT2D eigenvalue weighted by Gasteiger charge is -2.42. The third-order valence-corrected chi connectivity index (χ3v) is 5.61. The van der Waals surface area contributed by atoms with Crippen LogP contribution in [0.2, 0.25) is 5.02 Å². The average molecular weight is 333 g/mol. The Morgan fingerprint density at radius 1 is 1.13 bits per heavy atom. The summed E-state index contributed by atoms with van der Waals surface area (Å²) < 4.78 is 5.54. The van der Waals surface area contributed by atoms with Crippen LogP contribution in [0.5, 0.6) is 0 Å². The lowest BCUT2D eigenvalue weighted by atomic mass is 9.75. The molecule has 4 heteroatoms. The standard InChI is InChI=1S/C17H19ClN2O.C2H6/c1-20-13-6-7-15(20)17(16-8-9-19-21-16)14(10-13)11-2-4-12(18)5-3-11;1-2/h2-5,8-9,13-15,17H,6-7,10H2,1H3;1-2H3/t13-,14-,15?,17+;/m1./s1. The molecule has 1 aromatic carbocycles. The summed E-state index contributed by atoms with van der Waals surface area (Å²) in [7, 11) is 2.25. The van der Waals surface area contributed by atoms with Crippen LogP contribution in [-0.2, 0) is 0 Å². The van der Waals surface area contributed by atoms with Crippen molar-refractivity contribution in [2.24, 2.45) is 0 Å². The molecule has 4 rings (SSSR count). The summed E-state index contributed by atoms with van der Waals surface area (Å²) in [6.45, 7) is 4.00. The molecule has 2 saturated heterocycles. The summed E-state index contributed by atoms with van der Waals surface area (Å²) in [6, 6.07) is 11.6. The second kappa shape index (κ2) is 7.06. The highest BCUT2D eigenvalue weighted by molar-refractivity contribution is 6.30. The van der Waals surface area contributed by atoms with Gasteiger partial charge in [0.15, 0.2) is 0 Å². The highest BCUT2D eigenvalue weighted by Crippen LogP contribution is 2.50. The predicted molar refractivity (Wildman–Crippen MR) is 94.0 cm³/mol. The quantitative estimate of drug-likeness (QED) is 0.767. The van der Waals surface area contributed by atoms with Crippen LogP contribution >= 0.6 is 11.6 Å². The molecule has 0 amide bonds. The van der Waals surface area contributed by atoms with Gasteiger partial charge < -0.3 is 4.52 Å². The molecule has 4 atom stereocenters. The second-order valence-corrected chi connectivity index (χ2v) is 6.73. The first kappa shape index (κ1) is 16.5. The van der Waals surface area contributed by atoms with Crippen LogP contribution in [-0.4, -0.2) is 29.2 Å². The molecule has 0 N–H and O–H groups in total.